The van der Waals surface area contributed by atoms with Gasteiger partial charge in [0.25, 0.3) is 0 Å². The van der Waals surface area contributed by atoms with Gasteiger partial charge >= 0.3 is 0 Å². The van der Waals surface area contributed by atoms with E-state index in [-0.39, 0.29) is 0 Å². The Morgan fingerprint density at radius 3 is 2.53 bits per heavy atom. The van der Waals surface area contributed by atoms with Crippen LogP contribution >= 0.6 is 23.2 Å². The van der Waals surface area contributed by atoms with Crippen molar-refractivity contribution in [1.82, 2.24) is 5.32 Å². The summed E-state index contributed by atoms with van der Waals surface area (Å²) in [4.78, 5) is 2.38. The molecular formula is C15H22Cl2N2. The van der Waals surface area contributed by atoms with Crippen LogP contribution in [0, 0.1) is 5.92 Å². The molecule has 0 bridgehead atoms. The number of benzene rings is 1. The van der Waals surface area contributed by atoms with Crippen molar-refractivity contribution in [2.24, 2.45) is 5.92 Å². The fourth-order valence-electron chi connectivity index (χ4n) is 2.73. The molecule has 0 saturated carbocycles. The van der Waals surface area contributed by atoms with Crippen molar-refractivity contribution in [3.8, 4) is 0 Å². The highest BCUT2D eigenvalue weighted by Gasteiger charge is 2.25. The Balaban J connectivity index is 2.01. The lowest BCUT2D eigenvalue weighted by Gasteiger charge is -2.39. The predicted molar refractivity (Wildman–Crippen MR) is 84.5 cm³/mol. The quantitative estimate of drug-likeness (QED) is 0.896. The molecule has 1 fully saturated rings. The zero-order chi connectivity index (χ0) is 13.8. The molecule has 1 saturated heterocycles. The number of piperidine rings is 1. The minimum Gasteiger partial charge on any atom is -0.371 e. The maximum Gasteiger partial charge on any atom is 0.0441 e. The molecule has 0 spiro atoms. The van der Waals surface area contributed by atoms with Crippen molar-refractivity contribution < 1.29 is 0 Å². The molecule has 1 N–H and O–H groups in total. The maximum absolute atomic E-state index is 6.08. The average Bonchev–Trinajstić information content (AvgIpc) is 2.36. The zero-order valence-corrected chi connectivity index (χ0v) is 13.1. The van der Waals surface area contributed by atoms with E-state index < -0.39 is 0 Å². The van der Waals surface area contributed by atoms with Gasteiger partial charge in [0.1, 0.15) is 0 Å². The number of rotatable bonds is 4. The summed E-state index contributed by atoms with van der Waals surface area (Å²) in [6.07, 6.45) is 2.36. The van der Waals surface area contributed by atoms with E-state index >= 15 is 0 Å². The standard InChI is InChI=1S/C15H22Cl2N2/c1-3-5-18-15-4-6-19(10-11(15)2)14-8-12(16)7-13(17)9-14/h7-9,11,15,18H,3-6,10H2,1-2H3. The van der Waals surface area contributed by atoms with Crippen LogP contribution in [0.25, 0.3) is 0 Å². The molecule has 0 amide bonds. The molecule has 1 aromatic rings. The smallest absolute Gasteiger partial charge is 0.0441 e. The highest BCUT2D eigenvalue weighted by Crippen LogP contribution is 2.29. The molecular weight excluding hydrogens is 279 g/mol. The molecule has 1 aromatic carbocycles. The number of hydrogen-bond donors (Lipinski definition) is 1. The summed E-state index contributed by atoms with van der Waals surface area (Å²) in [5, 5.41) is 5.06. The van der Waals surface area contributed by atoms with Crippen LogP contribution in [0.4, 0.5) is 5.69 Å². The van der Waals surface area contributed by atoms with E-state index in [2.05, 4.69) is 24.1 Å². The minimum atomic E-state index is 0.630. The van der Waals surface area contributed by atoms with Crippen LogP contribution in [0.15, 0.2) is 18.2 Å². The van der Waals surface area contributed by atoms with Crippen LogP contribution in [0.3, 0.4) is 0 Å². The second-order valence-electron chi connectivity index (χ2n) is 5.40. The first-order valence-corrected chi connectivity index (χ1v) is 7.80. The first kappa shape index (κ1) is 15.0. The van der Waals surface area contributed by atoms with E-state index in [1.54, 1.807) is 6.07 Å². The van der Waals surface area contributed by atoms with Gasteiger partial charge in [-0.05, 0) is 43.5 Å². The number of anilines is 1. The van der Waals surface area contributed by atoms with E-state index in [1.165, 1.54) is 12.8 Å². The van der Waals surface area contributed by atoms with Crippen molar-refractivity contribution in [3.63, 3.8) is 0 Å². The Kier molecular flexibility index (Phi) is 5.37. The van der Waals surface area contributed by atoms with E-state index in [9.17, 15) is 0 Å². The highest BCUT2D eigenvalue weighted by atomic mass is 35.5. The first-order valence-electron chi connectivity index (χ1n) is 7.04. The van der Waals surface area contributed by atoms with Gasteiger partial charge in [-0.25, -0.2) is 0 Å². The van der Waals surface area contributed by atoms with Crippen molar-refractivity contribution in [3.05, 3.63) is 28.2 Å². The molecule has 1 aliphatic rings. The topological polar surface area (TPSA) is 15.3 Å². The monoisotopic (exact) mass is 300 g/mol. The molecule has 1 aliphatic heterocycles. The van der Waals surface area contributed by atoms with E-state index in [0.29, 0.717) is 22.0 Å². The lowest BCUT2D eigenvalue weighted by Crippen LogP contribution is -2.48. The number of halogens is 2. The molecule has 0 aliphatic carbocycles. The lowest BCUT2D eigenvalue weighted by molar-refractivity contribution is 0.322. The van der Waals surface area contributed by atoms with Crippen molar-refractivity contribution in [2.45, 2.75) is 32.7 Å². The van der Waals surface area contributed by atoms with Crippen LogP contribution < -0.4 is 10.2 Å². The van der Waals surface area contributed by atoms with Gasteiger partial charge in [-0.15, -0.1) is 0 Å². The second kappa shape index (κ2) is 6.83. The zero-order valence-electron chi connectivity index (χ0n) is 11.6. The number of nitrogens with zero attached hydrogens (tertiary/aromatic N) is 1. The predicted octanol–water partition coefficient (Wildman–Crippen LogP) is 4.21. The van der Waals surface area contributed by atoms with Crippen molar-refractivity contribution in [1.29, 1.82) is 0 Å². The largest absolute Gasteiger partial charge is 0.371 e. The van der Waals surface area contributed by atoms with Gasteiger partial charge in [0.2, 0.25) is 0 Å². The molecule has 0 radical (unpaired) electrons. The Labute approximate surface area is 126 Å². The Morgan fingerprint density at radius 1 is 1.26 bits per heavy atom. The number of nitrogens with one attached hydrogen (secondary N) is 1. The summed E-state index contributed by atoms with van der Waals surface area (Å²) in [6.45, 7) is 7.74. The Bertz CT molecular complexity index is 402. The molecule has 1 heterocycles. The highest BCUT2D eigenvalue weighted by molar-refractivity contribution is 6.35. The van der Waals surface area contributed by atoms with Gasteiger partial charge in [0.15, 0.2) is 0 Å². The maximum atomic E-state index is 6.08. The molecule has 4 heteroatoms. The molecule has 106 valence electrons. The molecule has 2 unspecified atom stereocenters. The van der Waals surface area contributed by atoms with E-state index in [4.69, 9.17) is 23.2 Å². The molecule has 2 rings (SSSR count). The fourth-order valence-corrected chi connectivity index (χ4v) is 3.25. The van der Waals surface area contributed by atoms with Crippen LogP contribution in [-0.4, -0.2) is 25.7 Å². The third-order valence-electron chi connectivity index (χ3n) is 3.77. The van der Waals surface area contributed by atoms with Gasteiger partial charge in [0, 0.05) is 34.9 Å². The Hall–Kier alpha value is -0.440. The van der Waals surface area contributed by atoms with Gasteiger partial charge in [0.05, 0.1) is 0 Å². The van der Waals surface area contributed by atoms with Gasteiger partial charge in [-0.1, -0.05) is 37.0 Å². The Morgan fingerprint density at radius 2 is 1.95 bits per heavy atom. The average molecular weight is 301 g/mol. The van der Waals surface area contributed by atoms with Crippen LogP contribution in [0.1, 0.15) is 26.7 Å². The van der Waals surface area contributed by atoms with Crippen molar-refractivity contribution in [2.75, 3.05) is 24.5 Å². The van der Waals surface area contributed by atoms with Crippen molar-refractivity contribution >= 4 is 28.9 Å². The number of hydrogen-bond acceptors (Lipinski definition) is 2. The fraction of sp³-hybridized carbons (Fsp3) is 0.600. The third-order valence-corrected chi connectivity index (χ3v) is 4.21. The third kappa shape index (κ3) is 4.01. The first-order chi connectivity index (χ1) is 9.10. The van der Waals surface area contributed by atoms with Crippen LogP contribution in [0.5, 0.6) is 0 Å². The van der Waals surface area contributed by atoms with Gasteiger partial charge < -0.3 is 10.2 Å². The minimum absolute atomic E-state index is 0.630. The SMILES string of the molecule is CCCNC1CCN(c2cc(Cl)cc(Cl)c2)CC1C. The van der Waals surface area contributed by atoms with Crippen LogP contribution in [0.2, 0.25) is 10.0 Å². The summed E-state index contributed by atoms with van der Waals surface area (Å²) in [6, 6.07) is 6.41. The van der Waals surface area contributed by atoms with E-state index in [0.717, 1.165) is 25.3 Å². The molecule has 19 heavy (non-hydrogen) atoms. The molecule has 2 atom stereocenters. The molecule has 2 nitrogen and oxygen atoms in total. The summed E-state index contributed by atoms with van der Waals surface area (Å²) in [5.74, 6) is 0.637. The normalized spacial score (nSPS) is 23.7. The second-order valence-corrected chi connectivity index (χ2v) is 6.27. The summed E-state index contributed by atoms with van der Waals surface area (Å²) in [5.41, 5.74) is 1.14. The summed E-state index contributed by atoms with van der Waals surface area (Å²) < 4.78 is 0. The van der Waals surface area contributed by atoms with Crippen LogP contribution in [-0.2, 0) is 0 Å². The summed E-state index contributed by atoms with van der Waals surface area (Å²) in [7, 11) is 0. The lowest BCUT2D eigenvalue weighted by atomic mass is 9.93. The van der Waals surface area contributed by atoms with Gasteiger partial charge in [-0.2, -0.15) is 0 Å². The molecule has 0 aromatic heterocycles. The van der Waals surface area contributed by atoms with E-state index in [1.807, 2.05) is 12.1 Å². The van der Waals surface area contributed by atoms with Gasteiger partial charge in [-0.3, -0.25) is 0 Å². The summed E-state index contributed by atoms with van der Waals surface area (Å²) >= 11 is 12.2.